The van der Waals surface area contributed by atoms with Crippen molar-refractivity contribution in [3.8, 4) is 5.75 Å². The Morgan fingerprint density at radius 3 is 2.42 bits per heavy atom. The van der Waals surface area contributed by atoms with E-state index in [1.165, 1.54) is 23.3 Å². The van der Waals surface area contributed by atoms with Gasteiger partial charge >= 0.3 is 5.91 Å². The van der Waals surface area contributed by atoms with Crippen LogP contribution in [-0.4, -0.2) is 28.9 Å². The van der Waals surface area contributed by atoms with Gasteiger partial charge in [0.2, 0.25) is 0 Å². The topological polar surface area (TPSA) is 79.7 Å². The minimum atomic E-state index is -0.886. The fraction of sp³-hybridized carbons (Fsp3) is 0.115. The van der Waals surface area contributed by atoms with E-state index in [1.54, 1.807) is 24.3 Å². The second-order valence-corrected chi connectivity index (χ2v) is 8.75. The van der Waals surface area contributed by atoms with E-state index in [0.717, 1.165) is 15.8 Å². The number of ketones is 1. The summed E-state index contributed by atoms with van der Waals surface area (Å²) >= 11 is 1.32. The summed E-state index contributed by atoms with van der Waals surface area (Å²) in [6.45, 7) is 1.94. The van der Waals surface area contributed by atoms with E-state index in [2.05, 4.69) is 4.98 Å². The fourth-order valence-electron chi connectivity index (χ4n) is 4.05. The Morgan fingerprint density at radius 2 is 1.70 bits per heavy atom. The quantitative estimate of drug-likeness (QED) is 0.258. The molecule has 7 heteroatoms. The molecule has 0 aliphatic carbocycles. The number of amides is 1. The number of Topliss-reactive ketones (excluding diaryl/α,β-unsaturated/α-hetero) is 1. The average Bonchev–Trinajstić information content (AvgIpc) is 3.37. The van der Waals surface area contributed by atoms with Crippen LogP contribution in [0.1, 0.15) is 22.7 Å². The molecule has 1 fully saturated rings. The van der Waals surface area contributed by atoms with Gasteiger partial charge in [-0.25, -0.2) is 4.98 Å². The van der Waals surface area contributed by atoms with Crippen LogP contribution in [-0.2, 0) is 9.59 Å². The lowest BCUT2D eigenvalue weighted by Gasteiger charge is -2.24. The van der Waals surface area contributed by atoms with Crippen LogP contribution in [0.5, 0.6) is 5.75 Å². The van der Waals surface area contributed by atoms with Crippen molar-refractivity contribution in [3.63, 3.8) is 0 Å². The lowest BCUT2D eigenvalue weighted by Crippen LogP contribution is -2.29. The summed E-state index contributed by atoms with van der Waals surface area (Å²) in [6.07, 6.45) is 0. The molecule has 1 saturated heterocycles. The third kappa shape index (κ3) is 3.47. The van der Waals surface area contributed by atoms with Crippen LogP contribution in [0.2, 0.25) is 0 Å². The number of aliphatic hydroxyl groups is 1. The van der Waals surface area contributed by atoms with Crippen LogP contribution in [0.15, 0.2) is 78.4 Å². The molecule has 3 aromatic carbocycles. The summed E-state index contributed by atoms with van der Waals surface area (Å²) < 4.78 is 6.45. The molecule has 0 radical (unpaired) electrons. The Balaban J connectivity index is 1.76. The number of thiazole rings is 1. The Bertz CT molecular complexity index is 1390. The van der Waals surface area contributed by atoms with Gasteiger partial charge < -0.3 is 9.84 Å². The number of ether oxygens (including phenoxy) is 1. The first-order valence-corrected chi connectivity index (χ1v) is 11.2. The van der Waals surface area contributed by atoms with Gasteiger partial charge in [-0.3, -0.25) is 14.5 Å². The molecule has 5 rings (SSSR count). The summed E-state index contributed by atoms with van der Waals surface area (Å²) in [7, 11) is 1.53. The number of nitrogens with zero attached hydrogens (tertiary/aromatic N) is 2. The molecular formula is C26H20N2O4S. The lowest BCUT2D eigenvalue weighted by atomic mass is 9.94. The molecular weight excluding hydrogens is 436 g/mol. The SMILES string of the molecule is COc1ccccc1C1C(=C(O)c2ccc(C)cc2)C(=O)C(=O)N1c1nc2ccccc2s1. The Morgan fingerprint density at radius 1 is 1.00 bits per heavy atom. The van der Waals surface area contributed by atoms with Crippen LogP contribution in [0.4, 0.5) is 5.13 Å². The van der Waals surface area contributed by atoms with Crippen molar-refractivity contribution in [2.45, 2.75) is 13.0 Å². The van der Waals surface area contributed by atoms with Crippen LogP contribution in [0, 0.1) is 6.92 Å². The van der Waals surface area contributed by atoms with Crippen molar-refractivity contribution in [1.82, 2.24) is 4.98 Å². The maximum atomic E-state index is 13.3. The lowest BCUT2D eigenvalue weighted by molar-refractivity contribution is -0.132. The third-order valence-electron chi connectivity index (χ3n) is 5.69. The van der Waals surface area contributed by atoms with E-state index < -0.39 is 17.7 Å². The molecule has 1 aromatic heterocycles. The predicted molar refractivity (Wildman–Crippen MR) is 129 cm³/mol. The van der Waals surface area contributed by atoms with Crippen molar-refractivity contribution < 1.29 is 19.4 Å². The van der Waals surface area contributed by atoms with Gasteiger partial charge in [-0.05, 0) is 25.1 Å². The van der Waals surface area contributed by atoms with E-state index in [-0.39, 0.29) is 11.3 Å². The molecule has 0 spiro atoms. The maximum Gasteiger partial charge on any atom is 0.301 e. The highest BCUT2D eigenvalue weighted by Gasteiger charge is 2.49. The number of methoxy groups -OCH3 is 1. The first-order chi connectivity index (χ1) is 16.0. The normalized spacial score (nSPS) is 17.6. The molecule has 1 aliphatic heterocycles. The number of hydrogen-bond acceptors (Lipinski definition) is 6. The number of anilines is 1. The number of benzene rings is 3. The van der Waals surface area contributed by atoms with Crippen LogP contribution in [0.25, 0.3) is 16.0 Å². The number of rotatable bonds is 4. The molecule has 4 aromatic rings. The summed E-state index contributed by atoms with van der Waals surface area (Å²) in [5.74, 6) is -1.22. The highest BCUT2D eigenvalue weighted by atomic mass is 32.1. The Kier molecular flexibility index (Phi) is 5.18. The molecule has 1 unspecified atom stereocenters. The van der Waals surface area contributed by atoms with Gasteiger partial charge in [0, 0.05) is 11.1 Å². The van der Waals surface area contributed by atoms with Crippen LogP contribution >= 0.6 is 11.3 Å². The molecule has 2 heterocycles. The molecule has 0 saturated carbocycles. The Hall–Kier alpha value is -3.97. The highest BCUT2D eigenvalue weighted by Crippen LogP contribution is 2.46. The molecule has 1 aliphatic rings. The van der Waals surface area contributed by atoms with Crippen molar-refractivity contribution in [3.05, 3.63) is 95.1 Å². The number of aryl methyl sites for hydroxylation is 1. The van der Waals surface area contributed by atoms with Crippen molar-refractivity contribution in [1.29, 1.82) is 0 Å². The average molecular weight is 457 g/mol. The zero-order valence-electron chi connectivity index (χ0n) is 18.0. The molecule has 33 heavy (non-hydrogen) atoms. The van der Waals surface area contributed by atoms with E-state index in [4.69, 9.17) is 4.74 Å². The largest absolute Gasteiger partial charge is 0.507 e. The van der Waals surface area contributed by atoms with Gasteiger partial charge in [-0.1, -0.05) is 71.5 Å². The number of para-hydroxylation sites is 2. The molecule has 1 N–H and O–H groups in total. The maximum absolute atomic E-state index is 13.3. The molecule has 1 atom stereocenters. The number of carbonyl (C=O) groups is 2. The van der Waals surface area contributed by atoms with Gasteiger partial charge in [0.1, 0.15) is 17.6 Å². The molecule has 0 bridgehead atoms. The predicted octanol–water partition coefficient (Wildman–Crippen LogP) is 5.24. The van der Waals surface area contributed by atoms with Gasteiger partial charge in [-0.15, -0.1) is 0 Å². The number of fused-ring (bicyclic) bond motifs is 1. The first-order valence-electron chi connectivity index (χ1n) is 10.4. The van der Waals surface area contributed by atoms with Gasteiger partial charge in [0.05, 0.1) is 22.9 Å². The zero-order valence-corrected chi connectivity index (χ0v) is 18.8. The van der Waals surface area contributed by atoms with Crippen LogP contribution in [0.3, 0.4) is 0 Å². The summed E-state index contributed by atoms with van der Waals surface area (Å²) in [5.41, 5.74) is 2.81. The Labute approximate surface area is 194 Å². The standard InChI is InChI=1S/C26H20N2O4S/c1-15-11-13-16(14-12-15)23(29)21-22(17-7-3-5-9-19(17)32-2)28(25(31)24(21)30)26-27-18-8-4-6-10-20(18)33-26/h3-14,22,29H,1-2H3. The van der Waals surface area contributed by atoms with E-state index in [0.29, 0.717) is 22.0 Å². The molecule has 164 valence electrons. The molecule has 1 amide bonds. The van der Waals surface area contributed by atoms with E-state index in [1.807, 2.05) is 55.5 Å². The van der Waals surface area contributed by atoms with E-state index >= 15 is 0 Å². The monoisotopic (exact) mass is 456 g/mol. The zero-order chi connectivity index (χ0) is 23.1. The van der Waals surface area contributed by atoms with E-state index in [9.17, 15) is 14.7 Å². The van der Waals surface area contributed by atoms with Gasteiger partial charge in [-0.2, -0.15) is 0 Å². The van der Waals surface area contributed by atoms with Crippen LogP contribution < -0.4 is 9.64 Å². The minimum Gasteiger partial charge on any atom is -0.507 e. The number of aliphatic hydroxyl groups excluding tert-OH is 1. The fourth-order valence-corrected chi connectivity index (χ4v) is 5.04. The number of hydrogen-bond donors (Lipinski definition) is 1. The second-order valence-electron chi connectivity index (χ2n) is 7.74. The van der Waals surface area contributed by atoms with Crippen molar-refractivity contribution in [2.75, 3.05) is 12.0 Å². The first kappa shape index (κ1) is 20.9. The van der Waals surface area contributed by atoms with Crippen molar-refractivity contribution >= 4 is 44.1 Å². The van der Waals surface area contributed by atoms with Gasteiger partial charge in [0.25, 0.3) is 5.78 Å². The summed E-state index contributed by atoms with van der Waals surface area (Å²) in [5, 5.41) is 11.6. The highest BCUT2D eigenvalue weighted by molar-refractivity contribution is 7.22. The van der Waals surface area contributed by atoms with Gasteiger partial charge in [0.15, 0.2) is 5.13 Å². The minimum absolute atomic E-state index is 0.00705. The smallest absolute Gasteiger partial charge is 0.301 e. The number of carbonyl (C=O) groups excluding carboxylic acids is 2. The van der Waals surface area contributed by atoms with Crippen molar-refractivity contribution in [2.24, 2.45) is 0 Å². The second kappa shape index (κ2) is 8.18. The summed E-state index contributed by atoms with van der Waals surface area (Å²) in [6, 6.07) is 21.0. The third-order valence-corrected chi connectivity index (χ3v) is 6.73. The summed E-state index contributed by atoms with van der Waals surface area (Å²) in [4.78, 5) is 32.6. The molecule has 6 nitrogen and oxygen atoms in total. The number of aromatic nitrogens is 1.